The normalized spacial score (nSPS) is 12.1. The van der Waals surface area contributed by atoms with E-state index in [0.717, 1.165) is 31.8 Å². The summed E-state index contributed by atoms with van der Waals surface area (Å²) < 4.78 is 4.79. The molecule has 0 aliphatic rings. The molecule has 0 heterocycles. The molecule has 0 saturated heterocycles. The summed E-state index contributed by atoms with van der Waals surface area (Å²) in [5.74, 6) is -0.384. The fraction of sp³-hybridized carbons (Fsp3) is 0.727. The van der Waals surface area contributed by atoms with Crippen molar-refractivity contribution in [2.75, 3.05) is 13.2 Å². The predicted octanol–water partition coefficient (Wildman–Crippen LogP) is 1.02. The Kier molecular flexibility index (Phi) is 9.11. The van der Waals surface area contributed by atoms with Crippen LogP contribution in [0.3, 0.4) is 0 Å². The lowest BCUT2D eigenvalue weighted by molar-refractivity contribution is -0.137. The van der Waals surface area contributed by atoms with Crippen molar-refractivity contribution < 1.29 is 19.7 Å². The molecule has 0 amide bonds. The minimum atomic E-state index is -0.594. The number of aliphatic hydroxyl groups is 2. The number of rotatable bonds is 9. The van der Waals surface area contributed by atoms with Crippen LogP contribution < -0.4 is 0 Å². The Morgan fingerprint density at radius 2 is 2.00 bits per heavy atom. The molecule has 0 aliphatic carbocycles. The quantitative estimate of drug-likeness (QED) is 0.343. The van der Waals surface area contributed by atoms with Crippen molar-refractivity contribution >= 4 is 5.97 Å². The maximum absolute atomic E-state index is 10.6. The Labute approximate surface area is 90.6 Å². The molecule has 0 radical (unpaired) electrons. The van der Waals surface area contributed by atoms with Crippen molar-refractivity contribution in [1.29, 1.82) is 0 Å². The second-order valence-corrected chi connectivity index (χ2v) is 3.41. The second kappa shape index (κ2) is 9.68. The van der Waals surface area contributed by atoms with Gasteiger partial charge in [-0.15, -0.1) is 0 Å². The van der Waals surface area contributed by atoms with Crippen molar-refractivity contribution in [3.63, 3.8) is 0 Å². The number of esters is 1. The van der Waals surface area contributed by atoms with Gasteiger partial charge in [-0.3, -0.25) is 0 Å². The molecule has 0 aromatic carbocycles. The van der Waals surface area contributed by atoms with Gasteiger partial charge in [0, 0.05) is 6.08 Å². The zero-order valence-electron chi connectivity index (χ0n) is 9.02. The molecule has 0 bridgehead atoms. The number of carbonyl (C=O) groups excluding carboxylic acids is 1. The first-order chi connectivity index (χ1) is 7.20. The molecule has 0 aliphatic heterocycles. The fourth-order valence-corrected chi connectivity index (χ4v) is 1.16. The summed E-state index contributed by atoms with van der Waals surface area (Å²) in [5, 5.41) is 17.6. The van der Waals surface area contributed by atoms with E-state index >= 15 is 0 Å². The second-order valence-electron chi connectivity index (χ2n) is 3.41. The van der Waals surface area contributed by atoms with Gasteiger partial charge in [0.2, 0.25) is 0 Å². The van der Waals surface area contributed by atoms with E-state index in [1.807, 2.05) is 0 Å². The third-order valence-corrected chi connectivity index (χ3v) is 2.05. The van der Waals surface area contributed by atoms with Gasteiger partial charge in [0.05, 0.1) is 19.3 Å². The van der Waals surface area contributed by atoms with Gasteiger partial charge in [-0.05, 0) is 12.8 Å². The molecule has 0 rings (SSSR count). The number of hydrogen-bond acceptors (Lipinski definition) is 4. The van der Waals surface area contributed by atoms with E-state index in [4.69, 9.17) is 14.9 Å². The van der Waals surface area contributed by atoms with E-state index < -0.39 is 6.10 Å². The summed E-state index contributed by atoms with van der Waals surface area (Å²) in [6.45, 7) is 3.55. The minimum Gasteiger partial charge on any atom is -0.463 e. The lowest BCUT2D eigenvalue weighted by Crippen LogP contribution is -2.11. The van der Waals surface area contributed by atoms with Gasteiger partial charge in [-0.1, -0.05) is 25.8 Å². The van der Waals surface area contributed by atoms with Crippen LogP contribution in [0, 0.1) is 0 Å². The molecule has 2 N–H and O–H groups in total. The smallest absolute Gasteiger partial charge is 0.330 e. The molecule has 1 unspecified atom stereocenters. The molecule has 88 valence electrons. The first-order valence-electron chi connectivity index (χ1n) is 5.28. The highest BCUT2D eigenvalue weighted by Gasteiger charge is 2.00. The molecule has 4 heteroatoms. The van der Waals surface area contributed by atoms with Crippen LogP contribution in [0.4, 0.5) is 0 Å². The predicted molar refractivity (Wildman–Crippen MR) is 57.3 cm³/mol. The standard InChI is InChI=1S/C11H20O4/c1-2-11(14)15-8-6-4-3-5-7-10(13)9-12/h2,10,12-13H,1,3-9H2. The van der Waals surface area contributed by atoms with Crippen LogP contribution in [0.2, 0.25) is 0 Å². The van der Waals surface area contributed by atoms with Gasteiger partial charge < -0.3 is 14.9 Å². The molecule has 0 aromatic heterocycles. The number of aliphatic hydroxyl groups excluding tert-OH is 2. The van der Waals surface area contributed by atoms with Crippen LogP contribution >= 0.6 is 0 Å². The van der Waals surface area contributed by atoms with Gasteiger partial charge in [-0.2, -0.15) is 0 Å². The maximum atomic E-state index is 10.6. The van der Waals surface area contributed by atoms with E-state index in [1.54, 1.807) is 0 Å². The van der Waals surface area contributed by atoms with Crippen molar-refractivity contribution in [3.05, 3.63) is 12.7 Å². The molecule has 4 nitrogen and oxygen atoms in total. The summed E-state index contributed by atoms with van der Waals surface area (Å²) in [6.07, 6.45) is 4.83. The summed E-state index contributed by atoms with van der Waals surface area (Å²) >= 11 is 0. The van der Waals surface area contributed by atoms with Crippen molar-refractivity contribution in [2.24, 2.45) is 0 Å². The van der Waals surface area contributed by atoms with Gasteiger partial charge >= 0.3 is 5.97 Å². The molecule has 0 spiro atoms. The first-order valence-corrected chi connectivity index (χ1v) is 5.28. The lowest BCUT2D eigenvalue weighted by Gasteiger charge is -2.06. The largest absolute Gasteiger partial charge is 0.463 e. The van der Waals surface area contributed by atoms with E-state index in [0.29, 0.717) is 13.0 Å². The Balaban J connectivity index is 3.11. The third-order valence-electron chi connectivity index (χ3n) is 2.05. The molecule has 15 heavy (non-hydrogen) atoms. The third kappa shape index (κ3) is 9.43. The van der Waals surface area contributed by atoms with Gasteiger partial charge in [0.25, 0.3) is 0 Å². The van der Waals surface area contributed by atoms with E-state index in [1.165, 1.54) is 0 Å². The topological polar surface area (TPSA) is 66.8 Å². The maximum Gasteiger partial charge on any atom is 0.330 e. The van der Waals surface area contributed by atoms with Crippen LogP contribution in [-0.4, -0.2) is 35.5 Å². The van der Waals surface area contributed by atoms with Crippen molar-refractivity contribution in [2.45, 2.75) is 38.2 Å². The average Bonchev–Trinajstić information content (AvgIpc) is 2.26. The van der Waals surface area contributed by atoms with Crippen LogP contribution in [0.25, 0.3) is 0 Å². The molecule has 0 fully saturated rings. The lowest BCUT2D eigenvalue weighted by atomic mass is 10.1. The summed E-state index contributed by atoms with van der Waals surface area (Å²) in [6, 6.07) is 0. The Hall–Kier alpha value is -0.870. The molecular weight excluding hydrogens is 196 g/mol. The average molecular weight is 216 g/mol. The van der Waals surface area contributed by atoms with Crippen LogP contribution in [0.15, 0.2) is 12.7 Å². The van der Waals surface area contributed by atoms with Gasteiger partial charge in [0.15, 0.2) is 0 Å². The van der Waals surface area contributed by atoms with E-state index in [2.05, 4.69) is 6.58 Å². The zero-order chi connectivity index (χ0) is 11.5. The van der Waals surface area contributed by atoms with Crippen molar-refractivity contribution in [1.82, 2.24) is 0 Å². The molecule has 1 atom stereocenters. The minimum absolute atomic E-state index is 0.170. The summed E-state index contributed by atoms with van der Waals surface area (Å²) in [7, 11) is 0. The van der Waals surface area contributed by atoms with Crippen LogP contribution in [0.5, 0.6) is 0 Å². The first kappa shape index (κ1) is 14.1. The molecule has 0 saturated carbocycles. The molecule has 0 aromatic rings. The Morgan fingerprint density at radius 1 is 1.33 bits per heavy atom. The number of unbranched alkanes of at least 4 members (excludes halogenated alkanes) is 3. The van der Waals surface area contributed by atoms with Crippen LogP contribution in [0.1, 0.15) is 32.1 Å². The fourth-order valence-electron chi connectivity index (χ4n) is 1.16. The Bertz CT molecular complexity index is 179. The van der Waals surface area contributed by atoms with E-state index in [-0.39, 0.29) is 12.6 Å². The van der Waals surface area contributed by atoms with Crippen LogP contribution in [-0.2, 0) is 9.53 Å². The monoisotopic (exact) mass is 216 g/mol. The Morgan fingerprint density at radius 3 is 2.60 bits per heavy atom. The number of ether oxygens (including phenoxy) is 1. The highest BCUT2D eigenvalue weighted by Crippen LogP contribution is 2.05. The van der Waals surface area contributed by atoms with Gasteiger partial charge in [-0.25, -0.2) is 4.79 Å². The zero-order valence-corrected chi connectivity index (χ0v) is 9.02. The SMILES string of the molecule is C=CC(=O)OCCCCCCC(O)CO. The highest BCUT2D eigenvalue weighted by atomic mass is 16.5. The van der Waals surface area contributed by atoms with E-state index in [9.17, 15) is 4.79 Å². The number of hydrogen-bond donors (Lipinski definition) is 2. The van der Waals surface area contributed by atoms with Crippen molar-refractivity contribution in [3.8, 4) is 0 Å². The van der Waals surface area contributed by atoms with Gasteiger partial charge in [0.1, 0.15) is 0 Å². The summed E-state index contributed by atoms with van der Waals surface area (Å²) in [4.78, 5) is 10.6. The number of carbonyl (C=O) groups is 1. The summed E-state index contributed by atoms with van der Waals surface area (Å²) in [5.41, 5.74) is 0. The highest BCUT2D eigenvalue weighted by molar-refractivity contribution is 5.81. The molecular formula is C11H20O4.